The van der Waals surface area contributed by atoms with Crippen molar-refractivity contribution in [3.05, 3.63) is 60.2 Å². The van der Waals surface area contributed by atoms with Gasteiger partial charge in [0.05, 0.1) is 6.54 Å². The number of para-hydroxylation sites is 1. The first-order valence-corrected chi connectivity index (χ1v) is 7.70. The predicted octanol–water partition coefficient (Wildman–Crippen LogP) is -0.375. The number of halogens is 1. The Labute approximate surface area is 143 Å². The van der Waals surface area contributed by atoms with Crippen molar-refractivity contribution in [1.82, 2.24) is 5.32 Å². The van der Waals surface area contributed by atoms with E-state index in [4.69, 9.17) is 4.74 Å². The molecule has 0 unspecified atom stereocenters. The summed E-state index contributed by atoms with van der Waals surface area (Å²) in [6.07, 6.45) is 3.21. The van der Waals surface area contributed by atoms with Crippen LogP contribution in [0, 0.1) is 0 Å². The normalized spacial score (nSPS) is 9.78. The monoisotopic (exact) mass is 334 g/mol. The average Bonchev–Trinajstić information content (AvgIpc) is 2.56. The first-order chi connectivity index (χ1) is 10.8. The fraction of sp³-hybridized carbons (Fsp3) is 0.278. The third kappa shape index (κ3) is 6.72. The van der Waals surface area contributed by atoms with Crippen LogP contribution in [0.25, 0.3) is 0 Å². The van der Waals surface area contributed by atoms with E-state index in [-0.39, 0.29) is 18.3 Å². The standard InChI is InChI=1S/C18H22N2O2.ClH/c19-13-5-2-6-14-20-18(21)15-9-11-17(12-10-15)22-16-7-3-1-4-8-16;/h1,3-4,7-12H,2,5-6,13-14,19H2,(H,20,21);1H. The second-order valence-corrected chi connectivity index (χ2v) is 5.11. The number of hydrogen-bond donors (Lipinski definition) is 2. The van der Waals surface area contributed by atoms with E-state index in [2.05, 4.69) is 11.1 Å². The molecule has 4 N–H and O–H groups in total. The summed E-state index contributed by atoms with van der Waals surface area (Å²) in [4.78, 5) is 12.0. The highest BCUT2D eigenvalue weighted by molar-refractivity contribution is 5.94. The molecule has 23 heavy (non-hydrogen) atoms. The van der Waals surface area contributed by atoms with Crippen LogP contribution >= 0.6 is 0 Å². The number of amides is 1. The van der Waals surface area contributed by atoms with E-state index in [1.807, 2.05) is 42.5 Å². The fourth-order valence-corrected chi connectivity index (χ4v) is 2.08. The fourth-order valence-electron chi connectivity index (χ4n) is 2.08. The summed E-state index contributed by atoms with van der Waals surface area (Å²) in [5.41, 5.74) is 4.46. The molecule has 4 nitrogen and oxygen atoms in total. The molecule has 0 saturated carbocycles. The van der Waals surface area contributed by atoms with Crippen LogP contribution in [-0.4, -0.2) is 19.0 Å². The molecule has 5 heteroatoms. The molecule has 0 aliphatic rings. The molecule has 0 bridgehead atoms. The molecule has 0 atom stereocenters. The Morgan fingerprint density at radius 1 is 0.913 bits per heavy atom. The number of ether oxygens (including phenoxy) is 1. The summed E-state index contributed by atoms with van der Waals surface area (Å²) in [7, 11) is 0. The van der Waals surface area contributed by atoms with Gasteiger partial charge in [-0.25, -0.2) is 0 Å². The Bertz CT molecular complexity index is 573. The van der Waals surface area contributed by atoms with Gasteiger partial charge in [0.15, 0.2) is 0 Å². The molecule has 124 valence electrons. The highest BCUT2D eigenvalue weighted by Crippen LogP contribution is 2.21. The first-order valence-electron chi connectivity index (χ1n) is 7.70. The largest absolute Gasteiger partial charge is 1.00 e. The molecule has 0 fully saturated rings. The van der Waals surface area contributed by atoms with Crippen molar-refractivity contribution < 1.29 is 27.7 Å². The number of quaternary nitrogens is 1. The molecule has 0 aliphatic heterocycles. The lowest BCUT2D eigenvalue weighted by Gasteiger charge is -2.07. The lowest BCUT2D eigenvalue weighted by molar-refractivity contribution is -0.368. The van der Waals surface area contributed by atoms with Crippen molar-refractivity contribution in [3.63, 3.8) is 0 Å². The number of hydrogen-bond acceptors (Lipinski definition) is 2. The van der Waals surface area contributed by atoms with E-state index in [1.165, 1.54) is 0 Å². The minimum Gasteiger partial charge on any atom is -1.00 e. The minimum absolute atomic E-state index is 0. The number of unbranched alkanes of at least 4 members (excludes halogenated alkanes) is 2. The van der Waals surface area contributed by atoms with Crippen LogP contribution in [0.2, 0.25) is 0 Å². The molecule has 0 aliphatic carbocycles. The van der Waals surface area contributed by atoms with Gasteiger partial charge in [-0.3, -0.25) is 4.79 Å². The van der Waals surface area contributed by atoms with Crippen molar-refractivity contribution in [3.8, 4) is 11.5 Å². The van der Waals surface area contributed by atoms with Crippen LogP contribution in [0.4, 0.5) is 0 Å². The van der Waals surface area contributed by atoms with Gasteiger partial charge < -0.3 is 28.2 Å². The molecular formula is C18H23ClN2O2. The molecule has 1 amide bonds. The first kappa shape index (κ1) is 19.0. The molecule has 2 aromatic carbocycles. The SMILES string of the molecule is [Cl-].[NH3+]CCCCCNC(=O)c1ccc(Oc2ccccc2)cc1. The zero-order chi connectivity index (χ0) is 15.6. The maximum absolute atomic E-state index is 12.0. The summed E-state index contributed by atoms with van der Waals surface area (Å²) >= 11 is 0. The minimum atomic E-state index is -0.0408. The molecular weight excluding hydrogens is 312 g/mol. The molecule has 2 aromatic rings. The zero-order valence-electron chi connectivity index (χ0n) is 13.1. The topological polar surface area (TPSA) is 66.0 Å². The summed E-state index contributed by atoms with van der Waals surface area (Å²) < 4.78 is 5.70. The number of rotatable bonds is 8. The van der Waals surface area contributed by atoms with Crippen molar-refractivity contribution >= 4 is 5.91 Å². The zero-order valence-corrected chi connectivity index (χ0v) is 13.9. The van der Waals surface area contributed by atoms with Gasteiger partial charge in [0.1, 0.15) is 11.5 Å². The number of carbonyl (C=O) groups is 1. The average molecular weight is 335 g/mol. The second-order valence-electron chi connectivity index (χ2n) is 5.11. The number of benzene rings is 2. The van der Waals surface area contributed by atoms with Gasteiger partial charge >= 0.3 is 0 Å². The van der Waals surface area contributed by atoms with Crippen molar-refractivity contribution in [2.45, 2.75) is 19.3 Å². The number of nitrogens with one attached hydrogen (secondary N) is 1. The Morgan fingerprint density at radius 2 is 1.57 bits per heavy atom. The van der Waals surface area contributed by atoms with Gasteiger partial charge in [-0.05, 0) is 55.7 Å². The Balaban J connectivity index is 0.00000264. The highest BCUT2D eigenvalue weighted by Gasteiger charge is 2.05. The molecule has 0 spiro atoms. The van der Waals surface area contributed by atoms with Gasteiger partial charge in [0.25, 0.3) is 5.91 Å². The molecule has 0 heterocycles. The third-order valence-electron chi connectivity index (χ3n) is 3.31. The van der Waals surface area contributed by atoms with E-state index < -0.39 is 0 Å². The van der Waals surface area contributed by atoms with E-state index in [1.54, 1.807) is 12.1 Å². The Morgan fingerprint density at radius 3 is 2.22 bits per heavy atom. The molecule has 0 saturated heterocycles. The van der Waals surface area contributed by atoms with Crippen molar-refractivity contribution in [1.29, 1.82) is 0 Å². The van der Waals surface area contributed by atoms with E-state index in [9.17, 15) is 4.79 Å². The van der Waals surface area contributed by atoms with Crippen LogP contribution < -0.4 is 28.2 Å². The lowest BCUT2D eigenvalue weighted by Crippen LogP contribution is -3.00. The third-order valence-corrected chi connectivity index (χ3v) is 3.31. The number of carbonyl (C=O) groups excluding carboxylic acids is 1. The molecule has 2 rings (SSSR count). The smallest absolute Gasteiger partial charge is 0.251 e. The summed E-state index contributed by atoms with van der Waals surface area (Å²) in [6.45, 7) is 1.66. The molecule has 0 aromatic heterocycles. The molecule has 0 radical (unpaired) electrons. The van der Waals surface area contributed by atoms with Crippen molar-refractivity contribution in [2.75, 3.05) is 13.1 Å². The Kier molecular flexibility index (Phi) is 8.80. The van der Waals surface area contributed by atoms with Crippen molar-refractivity contribution in [2.24, 2.45) is 0 Å². The van der Waals surface area contributed by atoms with E-state index in [0.717, 1.165) is 37.3 Å². The maximum Gasteiger partial charge on any atom is 0.251 e. The highest BCUT2D eigenvalue weighted by atomic mass is 35.5. The van der Waals surface area contributed by atoms with Crippen LogP contribution in [-0.2, 0) is 0 Å². The predicted molar refractivity (Wildman–Crippen MR) is 86.9 cm³/mol. The Hall–Kier alpha value is -2.04. The van der Waals surface area contributed by atoms with Gasteiger partial charge in [0.2, 0.25) is 0 Å². The van der Waals surface area contributed by atoms with Gasteiger partial charge in [0, 0.05) is 12.1 Å². The van der Waals surface area contributed by atoms with E-state index >= 15 is 0 Å². The van der Waals surface area contributed by atoms with E-state index in [0.29, 0.717) is 12.1 Å². The summed E-state index contributed by atoms with van der Waals surface area (Å²) in [6, 6.07) is 16.8. The van der Waals surface area contributed by atoms with Gasteiger partial charge in [-0.1, -0.05) is 18.2 Å². The van der Waals surface area contributed by atoms with Gasteiger partial charge in [-0.2, -0.15) is 0 Å². The summed E-state index contributed by atoms with van der Waals surface area (Å²) in [5, 5.41) is 2.93. The quantitative estimate of drug-likeness (QED) is 0.647. The van der Waals surface area contributed by atoms with Crippen LogP contribution in [0.3, 0.4) is 0 Å². The van der Waals surface area contributed by atoms with Crippen LogP contribution in [0.1, 0.15) is 29.6 Å². The van der Waals surface area contributed by atoms with Gasteiger partial charge in [-0.15, -0.1) is 0 Å². The van der Waals surface area contributed by atoms with Crippen LogP contribution in [0.5, 0.6) is 11.5 Å². The maximum atomic E-state index is 12.0. The van der Waals surface area contributed by atoms with Crippen LogP contribution in [0.15, 0.2) is 54.6 Å². The summed E-state index contributed by atoms with van der Waals surface area (Å²) in [5.74, 6) is 1.46. The second kappa shape index (κ2) is 10.6. The lowest BCUT2D eigenvalue weighted by atomic mass is 10.2.